The molecule has 1 amide bonds. The normalized spacial score (nSPS) is 16.4. The van der Waals surface area contributed by atoms with Gasteiger partial charge in [0.25, 0.3) is 0 Å². The molecule has 104 valence electrons. The topological polar surface area (TPSA) is 109 Å². The number of aliphatic carboxylic acids is 1. The monoisotopic (exact) mass is 268 g/mol. The van der Waals surface area contributed by atoms with Crippen molar-refractivity contribution in [3.05, 3.63) is 5.89 Å². The molecule has 8 nitrogen and oxygen atoms in total. The molecule has 1 aliphatic carbocycles. The quantitative estimate of drug-likeness (QED) is 0.763. The van der Waals surface area contributed by atoms with Gasteiger partial charge in [-0.15, -0.1) is 5.10 Å². The summed E-state index contributed by atoms with van der Waals surface area (Å²) in [6.07, 6.45) is 2.07. The summed E-state index contributed by atoms with van der Waals surface area (Å²) in [4.78, 5) is 23.8. The SMILES string of the molecule is CC(C(=O)O)N(C)CC(=O)Nc1nnc(C2CC2)o1. The van der Waals surface area contributed by atoms with Gasteiger partial charge in [0.05, 0.1) is 6.54 Å². The molecular weight excluding hydrogens is 252 g/mol. The summed E-state index contributed by atoms with van der Waals surface area (Å²) in [5, 5.41) is 18.8. The van der Waals surface area contributed by atoms with E-state index < -0.39 is 12.0 Å². The van der Waals surface area contributed by atoms with Crippen LogP contribution in [0.3, 0.4) is 0 Å². The standard InChI is InChI=1S/C11H16N4O4/c1-6(10(17)18)15(2)5-8(16)12-11-14-13-9(19-11)7-3-4-7/h6-7H,3-5H2,1-2H3,(H,17,18)(H,12,14,16). The van der Waals surface area contributed by atoms with Crippen LogP contribution in [0, 0.1) is 0 Å². The summed E-state index contributed by atoms with van der Waals surface area (Å²) in [6, 6.07) is -0.682. The molecule has 0 spiro atoms. The minimum Gasteiger partial charge on any atom is -0.480 e. The molecule has 1 atom stereocenters. The van der Waals surface area contributed by atoms with E-state index >= 15 is 0 Å². The van der Waals surface area contributed by atoms with Crippen LogP contribution in [0.25, 0.3) is 0 Å². The summed E-state index contributed by atoms with van der Waals surface area (Å²) in [7, 11) is 1.56. The minimum atomic E-state index is -0.982. The summed E-state index contributed by atoms with van der Waals surface area (Å²) < 4.78 is 5.28. The maximum atomic E-state index is 11.7. The predicted molar refractivity (Wildman–Crippen MR) is 64.6 cm³/mol. The van der Waals surface area contributed by atoms with Crippen molar-refractivity contribution in [1.82, 2.24) is 15.1 Å². The largest absolute Gasteiger partial charge is 0.480 e. The van der Waals surface area contributed by atoms with Crippen molar-refractivity contribution < 1.29 is 19.1 Å². The highest BCUT2D eigenvalue weighted by Gasteiger charge is 2.29. The molecular formula is C11H16N4O4. The average Bonchev–Trinajstić information content (AvgIpc) is 3.09. The second kappa shape index (κ2) is 5.35. The summed E-state index contributed by atoms with van der Waals surface area (Å²) in [5.74, 6) is -0.499. The molecule has 0 saturated heterocycles. The number of hydrogen-bond acceptors (Lipinski definition) is 6. The Balaban J connectivity index is 1.84. The Morgan fingerprint density at radius 3 is 2.79 bits per heavy atom. The maximum absolute atomic E-state index is 11.7. The number of carboxylic acids is 1. The molecule has 0 aliphatic heterocycles. The summed E-state index contributed by atoms with van der Waals surface area (Å²) >= 11 is 0. The zero-order valence-electron chi connectivity index (χ0n) is 10.8. The fraction of sp³-hybridized carbons (Fsp3) is 0.636. The highest BCUT2D eigenvalue weighted by atomic mass is 16.4. The first-order chi connectivity index (χ1) is 8.97. The Labute approximate surface area is 109 Å². The first kappa shape index (κ1) is 13.5. The molecule has 1 heterocycles. The van der Waals surface area contributed by atoms with Crippen molar-refractivity contribution in [1.29, 1.82) is 0 Å². The highest BCUT2D eigenvalue weighted by molar-refractivity contribution is 5.90. The Kier molecular flexibility index (Phi) is 3.79. The third-order valence-corrected chi connectivity index (χ3v) is 3.03. The molecule has 1 unspecified atom stereocenters. The predicted octanol–water partition coefficient (Wildman–Crippen LogP) is 0.290. The Morgan fingerprint density at radius 2 is 2.21 bits per heavy atom. The molecule has 19 heavy (non-hydrogen) atoms. The lowest BCUT2D eigenvalue weighted by molar-refractivity contribution is -0.142. The first-order valence-corrected chi connectivity index (χ1v) is 6.03. The van der Waals surface area contributed by atoms with Crippen molar-refractivity contribution in [2.45, 2.75) is 31.7 Å². The lowest BCUT2D eigenvalue weighted by Crippen LogP contribution is -2.40. The van der Waals surface area contributed by atoms with Crippen LogP contribution in [0.15, 0.2) is 4.42 Å². The number of amides is 1. The van der Waals surface area contributed by atoms with Crippen LogP contribution < -0.4 is 5.32 Å². The second-order valence-electron chi connectivity index (χ2n) is 4.70. The lowest BCUT2D eigenvalue weighted by atomic mass is 10.3. The van der Waals surface area contributed by atoms with Crippen molar-refractivity contribution >= 4 is 17.9 Å². The first-order valence-electron chi connectivity index (χ1n) is 6.03. The molecule has 1 aliphatic rings. The molecule has 2 N–H and O–H groups in total. The van der Waals surface area contributed by atoms with Gasteiger partial charge in [-0.3, -0.25) is 19.8 Å². The van der Waals surface area contributed by atoms with E-state index in [-0.39, 0.29) is 18.5 Å². The van der Waals surface area contributed by atoms with Gasteiger partial charge in [-0.25, -0.2) is 0 Å². The number of carboxylic acid groups (broad SMARTS) is 1. The van der Waals surface area contributed by atoms with Crippen LogP contribution in [0.2, 0.25) is 0 Å². The number of aromatic nitrogens is 2. The van der Waals surface area contributed by atoms with Gasteiger partial charge in [0.1, 0.15) is 6.04 Å². The van der Waals surface area contributed by atoms with Crippen molar-refractivity contribution in [2.75, 3.05) is 18.9 Å². The number of nitrogens with one attached hydrogen (secondary N) is 1. The zero-order chi connectivity index (χ0) is 14.0. The van der Waals surface area contributed by atoms with Gasteiger partial charge in [0.2, 0.25) is 11.8 Å². The number of hydrogen-bond donors (Lipinski definition) is 2. The van der Waals surface area contributed by atoms with Crippen LogP contribution in [0.4, 0.5) is 6.01 Å². The average molecular weight is 268 g/mol. The van der Waals surface area contributed by atoms with E-state index in [0.717, 1.165) is 12.8 Å². The number of carbonyl (C=O) groups excluding carboxylic acids is 1. The fourth-order valence-corrected chi connectivity index (χ4v) is 1.49. The van der Waals surface area contributed by atoms with Crippen LogP contribution >= 0.6 is 0 Å². The van der Waals surface area contributed by atoms with E-state index in [2.05, 4.69) is 15.5 Å². The lowest BCUT2D eigenvalue weighted by Gasteiger charge is -2.19. The van der Waals surface area contributed by atoms with E-state index in [0.29, 0.717) is 11.8 Å². The number of carbonyl (C=O) groups is 2. The van der Waals surface area contributed by atoms with Gasteiger partial charge in [-0.2, -0.15) is 0 Å². The fourth-order valence-electron chi connectivity index (χ4n) is 1.49. The maximum Gasteiger partial charge on any atom is 0.322 e. The zero-order valence-corrected chi connectivity index (χ0v) is 10.8. The molecule has 0 bridgehead atoms. The molecule has 1 aromatic heterocycles. The second-order valence-corrected chi connectivity index (χ2v) is 4.70. The number of nitrogens with zero attached hydrogens (tertiary/aromatic N) is 3. The van der Waals surface area contributed by atoms with E-state index in [1.807, 2.05) is 0 Å². The molecule has 1 saturated carbocycles. The summed E-state index contributed by atoms with van der Waals surface area (Å²) in [5.41, 5.74) is 0. The van der Waals surface area contributed by atoms with Crippen LogP contribution in [-0.2, 0) is 9.59 Å². The van der Waals surface area contributed by atoms with Crippen LogP contribution in [0.5, 0.6) is 0 Å². The Hall–Kier alpha value is -1.96. The smallest absolute Gasteiger partial charge is 0.322 e. The minimum absolute atomic E-state index is 0.0586. The van der Waals surface area contributed by atoms with Gasteiger partial charge in [0.15, 0.2) is 0 Å². The van der Waals surface area contributed by atoms with Gasteiger partial charge in [-0.1, -0.05) is 5.10 Å². The number of anilines is 1. The third-order valence-electron chi connectivity index (χ3n) is 3.03. The number of likely N-dealkylation sites (N-methyl/N-ethyl adjacent to an activating group) is 1. The molecule has 1 fully saturated rings. The van der Waals surface area contributed by atoms with Crippen molar-refractivity contribution in [3.8, 4) is 0 Å². The highest BCUT2D eigenvalue weighted by Crippen LogP contribution is 2.39. The molecule has 0 radical (unpaired) electrons. The molecule has 2 rings (SSSR count). The Morgan fingerprint density at radius 1 is 1.53 bits per heavy atom. The van der Waals surface area contributed by atoms with E-state index in [1.54, 1.807) is 7.05 Å². The third kappa shape index (κ3) is 3.50. The van der Waals surface area contributed by atoms with Gasteiger partial charge >= 0.3 is 12.0 Å². The van der Waals surface area contributed by atoms with Crippen molar-refractivity contribution in [3.63, 3.8) is 0 Å². The molecule has 1 aromatic rings. The summed E-state index contributed by atoms with van der Waals surface area (Å²) in [6.45, 7) is 1.45. The van der Waals surface area contributed by atoms with Gasteiger partial charge in [0, 0.05) is 5.92 Å². The Bertz CT molecular complexity index is 483. The van der Waals surface area contributed by atoms with Crippen LogP contribution in [-0.4, -0.2) is 51.7 Å². The van der Waals surface area contributed by atoms with Gasteiger partial charge in [-0.05, 0) is 26.8 Å². The number of rotatable bonds is 6. The van der Waals surface area contributed by atoms with E-state index in [9.17, 15) is 9.59 Å². The van der Waals surface area contributed by atoms with Gasteiger partial charge < -0.3 is 9.52 Å². The van der Waals surface area contributed by atoms with E-state index in [1.165, 1.54) is 11.8 Å². The molecule has 8 heteroatoms. The molecule has 0 aromatic carbocycles. The van der Waals surface area contributed by atoms with Crippen molar-refractivity contribution in [2.24, 2.45) is 0 Å². The van der Waals surface area contributed by atoms with Crippen LogP contribution in [0.1, 0.15) is 31.6 Å². The van der Waals surface area contributed by atoms with E-state index in [4.69, 9.17) is 9.52 Å².